The van der Waals surface area contributed by atoms with Gasteiger partial charge in [-0.2, -0.15) is 0 Å². The van der Waals surface area contributed by atoms with Crippen LogP contribution in [0.3, 0.4) is 0 Å². The van der Waals surface area contributed by atoms with Crippen LogP contribution in [0.2, 0.25) is 0 Å². The third kappa shape index (κ3) is 3.72. The Hall–Kier alpha value is -5.93. The Morgan fingerprint density at radius 2 is 0.860 bits per heavy atom. The predicted octanol–water partition coefficient (Wildman–Crippen LogP) is 10.6. The summed E-state index contributed by atoms with van der Waals surface area (Å²) in [7, 11) is 0. The molecule has 232 valence electrons. The number of benzene rings is 7. The standard InChI is InChI=1S/C46H27N3Se/c1-2-14-28(15-3-1)43-47-44(49-45(48-43)35-22-12-20-32-31-18-7-11-27-40(31)50-42(32)35)34-21-13-26-39-41(34)33-19-6-10-25-38(33)46(39)36-23-8-4-16-29(36)30-17-5-9-24-37(30)46/h1-27H. The Morgan fingerprint density at radius 1 is 0.360 bits per heavy atom. The fraction of sp³-hybridized carbons (Fsp3) is 0.0217. The van der Waals surface area contributed by atoms with Crippen molar-refractivity contribution in [1.82, 2.24) is 15.0 Å². The molecule has 0 radical (unpaired) electrons. The molecule has 0 saturated heterocycles. The second-order valence-electron chi connectivity index (χ2n) is 13.1. The van der Waals surface area contributed by atoms with Crippen molar-refractivity contribution < 1.29 is 0 Å². The van der Waals surface area contributed by atoms with Crippen LogP contribution in [0.25, 0.3) is 75.7 Å². The van der Waals surface area contributed by atoms with Crippen molar-refractivity contribution in [3.8, 4) is 56.4 Å². The van der Waals surface area contributed by atoms with Crippen molar-refractivity contribution in [2.24, 2.45) is 0 Å². The summed E-state index contributed by atoms with van der Waals surface area (Å²) in [5, 5.41) is 2.61. The molecule has 0 N–H and O–H groups in total. The van der Waals surface area contributed by atoms with Gasteiger partial charge in [-0.3, -0.25) is 0 Å². The molecule has 2 aliphatic carbocycles. The summed E-state index contributed by atoms with van der Waals surface area (Å²) in [6.45, 7) is 0. The van der Waals surface area contributed by atoms with E-state index in [9.17, 15) is 0 Å². The topological polar surface area (TPSA) is 38.7 Å². The van der Waals surface area contributed by atoms with Crippen LogP contribution in [0.4, 0.5) is 0 Å². The van der Waals surface area contributed by atoms with Crippen LogP contribution in [-0.2, 0) is 5.41 Å². The summed E-state index contributed by atoms with van der Waals surface area (Å²) in [6.07, 6.45) is 0. The SMILES string of the molecule is c1ccc(-c2nc(-c3cccc4c3-c3ccccc3C43c4ccccc4-c4ccccc43)nc(-c3cccc4c3[se]c3ccccc34)n2)cc1. The van der Waals surface area contributed by atoms with Crippen LogP contribution in [-0.4, -0.2) is 29.5 Å². The molecule has 11 rings (SSSR count). The van der Waals surface area contributed by atoms with Crippen molar-refractivity contribution >= 4 is 33.8 Å². The third-order valence-corrected chi connectivity index (χ3v) is 13.1. The summed E-state index contributed by atoms with van der Waals surface area (Å²) >= 11 is 0.158. The molecule has 0 unspecified atom stereocenters. The zero-order valence-electron chi connectivity index (χ0n) is 26.8. The molecule has 9 aromatic rings. The molecule has 2 heterocycles. The van der Waals surface area contributed by atoms with Gasteiger partial charge < -0.3 is 0 Å². The van der Waals surface area contributed by atoms with Gasteiger partial charge in [0.15, 0.2) is 0 Å². The van der Waals surface area contributed by atoms with Crippen molar-refractivity contribution in [2.75, 3.05) is 0 Å². The normalized spacial score (nSPS) is 13.4. The van der Waals surface area contributed by atoms with Crippen LogP contribution in [0.15, 0.2) is 164 Å². The van der Waals surface area contributed by atoms with Gasteiger partial charge in [-0.25, -0.2) is 0 Å². The van der Waals surface area contributed by atoms with E-state index in [1.165, 1.54) is 63.8 Å². The van der Waals surface area contributed by atoms with Crippen molar-refractivity contribution in [2.45, 2.75) is 5.41 Å². The number of fused-ring (bicyclic) bond motifs is 13. The number of rotatable bonds is 3. The van der Waals surface area contributed by atoms with E-state index in [2.05, 4.69) is 146 Å². The fourth-order valence-electron chi connectivity index (χ4n) is 8.59. The third-order valence-electron chi connectivity index (χ3n) is 10.6. The van der Waals surface area contributed by atoms with Crippen LogP contribution >= 0.6 is 0 Å². The maximum absolute atomic E-state index is 5.38. The van der Waals surface area contributed by atoms with Gasteiger partial charge in [-0.15, -0.1) is 0 Å². The molecule has 0 atom stereocenters. The predicted molar refractivity (Wildman–Crippen MR) is 204 cm³/mol. The zero-order valence-corrected chi connectivity index (χ0v) is 28.6. The van der Waals surface area contributed by atoms with Crippen LogP contribution < -0.4 is 0 Å². The molecule has 0 aliphatic heterocycles. The quantitative estimate of drug-likeness (QED) is 0.172. The molecule has 0 fully saturated rings. The molecule has 4 heteroatoms. The Bertz CT molecular complexity index is 2790. The first-order chi connectivity index (χ1) is 24.8. The van der Waals surface area contributed by atoms with Gasteiger partial charge in [-0.05, 0) is 0 Å². The van der Waals surface area contributed by atoms with Crippen LogP contribution in [0.5, 0.6) is 0 Å². The van der Waals surface area contributed by atoms with E-state index >= 15 is 0 Å². The second kappa shape index (κ2) is 10.5. The summed E-state index contributed by atoms with van der Waals surface area (Å²) in [5.74, 6) is 2.09. The Labute approximate surface area is 295 Å². The number of hydrogen-bond donors (Lipinski definition) is 0. The van der Waals surface area contributed by atoms with Gasteiger partial charge in [0.05, 0.1) is 0 Å². The van der Waals surface area contributed by atoms with Crippen LogP contribution in [0, 0.1) is 0 Å². The maximum atomic E-state index is 5.38. The number of hydrogen-bond acceptors (Lipinski definition) is 3. The summed E-state index contributed by atoms with van der Waals surface area (Å²) < 4.78 is 2.74. The van der Waals surface area contributed by atoms with Crippen molar-refractivity contribution in [3.63, 3.8) is 0 Å². The molecule has 0 saturated carbocycles. The monoisotopic (exact) mass is 701 g/mol. The van der Waals surface area contributed by atoms with E-state index in [4.69, 9.17) is 15.0 Å². The van der Waals surface area contributed by atoms with Crippen molar-refractivity contribution in [3.05, 3.63) is 186 Å². The number of aromatic nitrogens is 3. The Morgan fingerprint density at radius 3 is 1.62 bits per heavy atom. The molecule has 7 aromatic carbocycles. The molecular formula is C46H27N3Se. The van der Waals surface area contributed by atoms with E-state index in [0.29, 0.717) is 11.6 Å². The number of nitrogens with zero attached hydrogens (tertiary/aromatic N) is 3. The van der Waals surface area contributed by atoms with Gasteiger partial charge in [0, 0.05) is 0 Å². The van der Waals surface area contributed by atoms with Crippen LogP contribution in [0.1, 0.15) is 22.3 Å². The summed E-state index contributed by atoms with van der Waals surface area (Å²) in [4.78, 5) is 15.8. The summed E-state index contributed by atoms with van der Waals surface area (Å²) in [6, 6.07) is 59.2. The van der Waals surface area contributed by atoms with Gasteiger partial charge in [0.25, 0.3) is 0 Å². The first-order valence-electron chi connectivity index (χ1n) is 17.0. The molecule has 0 amide bonds. The minimum atomic E-state index is -0.429. The first-order valence-corrected chi connectivity index (χ1v) is 18.7. The van der Waals surface area contributed by atoms with Crippen molar-refractivity contribution in [1.29, 1.82) is 0 Å². The Kier molecular flexibility index (Phi) is 5.89. The van der Waals surface area contributed by atoms with E-state index in [1.54, 1.807) is 0 Å². The average molecular weight is 701 g/mol. The van der Waals surface area contributed by atoms with Gasteiger partial charge in [0.1, 0.15) is 0 Å². The Balaban J connectivity index is 1.22. The molecule has 0 bridgehead atoms. The average Bonchev–Trinajstić information content (AvgIpc) is 3.82. The minimum absolute atomic E-state index is 0.158. The molecule has 50 heavy (non-hydrogen) atoms. The second-order valence-corrected chi connectivity index (χ2v) is 15.3. The van der Waals surface area contributed by atoms with E-state index in [1.807, 2.05) is 18.2 Å². The fourth-order valence-corrected chi connectivity index (χ4v) is 11.1. The zero-order chi connectivity index (χ0) is 32.8. The molecule has 3 nitrogen and oxygen atoms in total. The summed E-state index contributed by atoms with van der Waals surface area (Å²) in [5.41, 5.74) is 12.9. The molecule has 1 spiro atoms. The van der Waals surface area contributed by atoms with Gasteiger partial charge in [0.2, 0.25) is 0 Å². The van der Waals surface area contributed by atoms with Gasteiger partial charge >= 0.3 is 284 Å². The van der Waals surface area contributed by atoms with E-state index in [0.717, 1.165) is 22.5 Å². The molecule has 2 aliphatic rings. The molecular weight excluding hydrogens is 673 g/mol. The first kappa shape index (κ1) is 28.0. The van der Waals surface area contributed by atoms with E-state index in [-0.39, 0.29) is 14.5 Å². The van der Waals surface area contributed by atoms with E-state index < -0.39 is 5.41 Å². The van der Waals surface area contributed by atoms with Gasteiger partial charge in [-0.1, -0.05) is 12.1 Å². The molecule has 2 aromatic heterocycles.